The van der Waals surface area contributed by atoms with E-state index in [4.69, 9.17) is 4.52 Å². The Balaban J connectivity index is 1.60. The number of rotatable bonds is 5. The van der Waals surface area contributed by atoms with E-state index in [2.05, 4.69) is 15.1 Å². The van der Waals surface area contributed by atoms with Gasteiger partial charge in [0.1, 0.15) is 0 Å². The van der Waals surface area contributed by atoms with Crippen molar-refractivity contribution in [2.24, 2.45) is 0 Å². The Morgan fingerprint density at radius 2 is 2.21 bits per heavy atom. The molecule has 0 aliphatic carbocycles. The molecule has 8 nitrogen and oxygen atoms in total. The molecule has 0 radical (unpaired) electrons. The summed E-state index contributed by atoms with van der Waals surface area (Å²) in [6.07, 6.45) is 5.41. The predicted octanol–water partition coefficient (Wildman–Crippen LogP) is 2.10. The summed E-state index contributed by atoms with van der Waals surface area (Å²) in [5.74, 6) is 1.05. The maximum Gasteiger partial charge on any atom is 0.407 e. The molecule has 3 heterocycles. The number of carboxylic acid groups (broad SMARTS) is 1. The van der Waals surface area contributed by atoms with E-state index in [-0.39, 0.29) is 6.04 Å². The third-order valence-electron chi connectivity index (χ3n) is 4.21. The fourth-order valence-corrected chi connectivity index (χ4v) is 3.03. The van der Waals surface area contributed by atoms with E-state index in [1.165, 1.54) is 4.90 Å². The van der Waals surface area contributed by atoms with Crippen molar-refractivity contribution >= 4 is 6.09 Å². The number of amides is 1. The molecule has 2 aromatic rings. The summed E-state index contributed by atoms with van der Waals surface area (Å²) < 4.78 is 5.30. The molecule has 0 saturated carbocycles. The van der Waals surface area contributed by atoms with Crippen LogP contribution < -0.4 is 0 Å². The number of aromatic nitrogens is 3. The van der Waals surface area contributed by atoms with Gasteiger partial charge < -0.3 is 14.5 Å². The van der Waals surface area contributed by atoms with Crippen molar-refractivity contribution in [3.63, 3.8) is 0 Å². The summed E-state index contributed by atoms with van der Waals surface area (Å²) in [6.45, 7) is 1.75. The van der Waals surface area contributed by atoms with Crippen LogP contribution in [0.25, 0.3) is 11.4 Å². The highest BCUT2D eigenvalue weighted by atomic mass is 16.5. The average Bonchev–Trinajstić information content (AvgIpc) is 3.04. The molecule has 0 aromatic carbocycles. The fourth-order valence-electron chi connectivity index (χ4n) is 3.03. The van der Waals surface area contributed by atoms with Gasteiger partial charge in [-0.3, -0.25) is 9.88 Å². The summed E-state index contributed by atoms with van der Waals surface area (Å²) in [4.78, 5) is 23.2. The summed E-state index contributed by atoms with van der Waals surface area (Å²) in [7, 11) is 1.94. The fraction of sp³-hybridized carbons (Fsp3) is 0.500. The molecule has 1 unspecified atom stereocenters. The smallest absolute Gasteiger partial charge is 0.407 e. The van der Waals surface area contributed by atoms with Crippen LogP contribution in [0, 0.1) is 0 Å². The molecule has 1 aliphatic heterocycles. The second-order valence-corrected chi connectivity index (χ2v) is 6.07. The van der Waals surface area contributed by atoms with E-state index >= 15 is 0 Å². The van der Waals surface area contributed by atoms with Crippen LogP contribution in [0.5, 0.6) is 0 Å². The van der Waals surface area contributed by atoms with Gasteiger partial charge in [0, 0.05) is 37.1 Å². The number of likely N-dealkylation sites (N-methyl/N-ethyl adjacent to an activating group) is 1. The van der Waals surface area contributed by atoms with E-state index in [0.29, 0.717) is 31.3 Å². The Bertz CT molecular complexity index is 675. The van der Waals surface area contributed by atoms with E-state index in [9.17, 15) is 9.90 Å². The number of hydrogen-bond acceptors (Lipinski definition) is 6. The molecule has 24 heavy (non-hydrogen) atoms. The van der Waals surface area contributed by atoms with Crippen LogP contribution >= 0.6 is 0 Å². The van der Waals surface area contributed by atoms with Crippen molar-refractivity contribution in [1.29, 1.82) is 0 Å². The lowest BCUT2D eigenvalue weighted by Crippen LogP contribution is -2.48. The molecule has 1 amide bonds. The van der Waals surface area contributed by atoms with Crippen LogP contribution in [0.15, 0.2) is 29.0 Å². The van der Waals surface area contributed by atoms with E-state index in [0.717, 1.165) is 24.8 Å². The number of pyridine rings is 1. The summed E-state index contributed by atoms with van der Waals surface area (Å²) in [5, 5.41) is 13.3. The van der Waals surface area contributed by atoms with Gasteiger partial charge in [-0.15, -0.1) is 0 Å². The van der Waals surface area contributed by atoms with Gasteiger partial charge >= 0.3 is 6.09 Å². The highest BCUT2D eigenvalue weighted by molar-refractivity contribution is 5.65. The first-order chi connectivity index (χ1) is 11.6. The Morgan fingerprint density at radius 1 is 1.42 bits per heavy atom. The SMILES string of the molecule is CN(Cc1nc(-c2ccncc2)no1)CC1CCCCN1C(=O)O. The van der Waals surface area contributed by atoms with Crippen molar-refractivity contribution in [1.82, 2.24) is 24.9 Å². The van der Waals surface area contributed by atoms with Gasteiger partial charge in [-0.25, -0.2) is 4.79 Å². The molecule has 1 aliphatic rings. The molecular weight excluding hydrogens is 310 g/mol. The van der Waals surface area contributed by atoms with Crippen molar-refractivity contribution in [2.75, 3.05) is 20.1 Å². The number of piperidine rings is 1. The zero-order chi connectivity index (χ0) is 16.9. The van der Waals surface area contributed by atoms with Crippen molar-refractivity contribution in [3.05, 3.63) is 30.4 Å². The van der Waals surface area contributed by atoms with Gasteiger partial charge in [0.2, 0.25) is 11.7 Å². The lowest BCUT2D eigenvalue weighted by molar-refractivity contribution is 0.0887. The molecule has 1 N–H and O–H groups in total. The van der Waals surface area contributed by atoms with Crippen LogP contribution in [-0.4, -0.2) is 62.3 Å². The van der Waals surface area contributed by atoms with E-state index in [1.54, 1.807) is 12.4 Å². The highest BCUT2D eigenvalue weighted by Crippen LogP contribution is 2.19. The van der Waals surface area contributed by atoms with Crippen molar-refractivity contribution in [3.8, 4) is 11.4 Å². The van der Waals surface area contributed by atoms with E-state index in [1.807, 2.05) is 24.1 Å². The molecular formula is C16H21N5O3. The van der Waals surface area contributed by atoms with Crippen LogP contribution in [0.3, 0.4) is 0 Å². The molecule has 0 spiro atoms. The van der Waals surface area contributed by atoms with Crippen molar-refractivity contribution < 1.29 is 14.4 Å². The summed E-state index contributed by atoms with van der Waals surface area (Å²) in [5.41, 5.74) is 0.854. The van der Waals surface area contributed by atoms with E-state index < -0.39 is 6.09 Å². The van der Waals surface area contributed by atoms with Crippen LogP contribution in [0.2, 0.25) is 0 Å². The van der Waals surface area contributed by atoms with Crippen LogP contribution in [0.4, 0.5) is 4.79 Å². The molecule has 0 bridgehead atoms. The third kappa shape index (κ3) is 3.88. The second kappa shape index (κ2) is 7.39. The van der Waals surface area contributed by atoms with Gasteiger partial charge in [0.05, 0.1) is 6.54 Å². The Kier molecular flexibility index (Phi) is 5.05. The third-order valence-corrected chi connectivity index (χ3v) is 4.21. The van der Waals surface area contributed by atoms with Gasteiger partial charge in [-0.2, -0.15) is 4.98 Å². The van der Waals surface area contributed by atoms with Gasteiger partial charge in [-0.05, 0) is 38.4 Å². The molecule has 128 valence electrons. The second-order valence-electron chi connectivity index (χ2n) is 6.07. The maximum atomic E-state index is 11.3. The molecule has 1 fully saturated rings. The number of carbonyl (C=O) groups is 1. The van der Waals surface area contributed by atoms with Crippen molar-refractivity contribution in [2.45, 2.75) is 31.8 Å². The summed E-state index contributed by atoms with van der Waals surface area (Å²) in [6, 6.07) is 3.67. The van der Waals surface area contributed by atoms with Gasteiger partial charge in [-0.1, -0.05) is 5.16 Å². The number of nitrogens with zero attached hydrogens (tertiary/aromatic N) is 5. The van der Waals surface area contributed by atoms with Crippen LogP contribution in [-0.2, 0) is 6.54 Å². The quantitative estimate of drug-likeness (QED) is 0.896. The molecule has 8 heteroatoms. The minimum atomic E-state index is -0.842. The first-order valence-corrected chi connectivity index (χ1v) is 8.04. The first kappa shape index (κ1) is 16.4. The monoisotopic (exact) mass is 331 g/mol. The number of likely N-dealkylation sites (tertiary alicyclic amines) is 1. The molecule has 2 aromatic heterocycles. The lowest BCUT2D eigenvalue weighted by Gasteiger charge is -2.35. The zero-order valence-corrected chi connectivity index (χ0v) is 13.6. The first-order valence-electron chi connectivity index (χ1n) is 8.04. The lowest BCUT2D eigenvalue weighted by atomic mass is 10.0. The zero-order valence-electron chi connectivity index (χ0n) is 13.6. The Labute approximate surface area is 140 Å². The van der Waals surface area contributed by atoms with Gasteiger partial charge in [0.15, 0.2) is 0 Å². The molecule has 1 atom stereocenters. The minimum Gasteiger partial charge on any atom is -0.465 e. The topological polar surface area (TPSA) is 95.6 Å². The average molecular weight is 331 g/mol. The number of hydrogen-bond donors (Lipinski definition) is 1. The maximum absolute atomic E-state index is 11.3. The largest absolute Gasteiger partial charge is 0.465 e. The predicted molar refractivity (Wildman–Crippen MR) is 86.2 cm³/mol. The van der Waals surface area contributed by atoms with Gasteiger partial charge in [0.25, 0.3) is 0 Å². The highest BCUT2D eigenvalue weighted by Gasteiger charge is 2.27. The Morgan fingerprint density at radius 3 is 2.96 bits per heavy atom. The normalized spacial score (nSPS) is 18.1. The Hall–Kier alpha value is -2.48. The molecule has 3 rings (SSSR count). The van der Waals surface area contributed by atoms with Crippen LogP contribution in [0.1, 0.15) is 25.2 Å². The standard InChI is InChI=1S/C16H21N5O3/c1-20(10-13-4-2-3-9-21(13)16(22)23)11-14-18-15(19-24-14)12-5-7-17-8-6-12/h5-8,13H,2-4,9-11H2,1H3,(H,22,23). The molecule has 1 saturated heterocycles. The minimum absolute atomic E-state index is 0.0174. The summed E-state index contributed by atoms with van der Waals surface area (Å²) >= 11 is 0.